The van der Waals surface area contributed by atoms with E-state index in [9.17, 15) is 4.79 Å². The second-order valence-corrected chi connectivity index (χ2v) is 5.78. The van der Waals surface area contributed by atoms with Crippen molar-refractivity contribution in [3.05, 3.63) is 59.7 Å². The highest BCUT2D eigenvalue weighted by Crippen LogP contribution is 2.29. The first-order valence-electron chi connectivity index (χ1n) is 7.63. The number of carbonyl (C=O) groups is 1. The number of hydrogen-bond donors (Lipinski definition) is 0. The van der Waals surface area contributed by atoms with E-state index in [0.29, 0.717) is 5.56 Å². The Morgan fingerprint density at radius 1 is 1.00 bits per heavy atom. The highest BCUT2D eigenvalue weighted by molar-refractivity contribution is 5.94. The van der Waals surface area contributed by atoms with Crippen LogP contribution in [0.2, 0.25) is 0 Å². The summed E-state index contributed by atoms with van der Waals surface area (Å²) in [6, 6.07) is 15.3. The first-order chi connectivity index (χ1) is 11.0. The standard InChI is InChI=1S/C19H24N2O2/c1-14(17-8-6-7-9-18(17)23-5)21(4)19(22)15-10-12-16(13-11-15)20(2)3/h6-14H,1-5H3. The van der Waals surface area contributed by atoms with E-state index in [-0.39, 0.29) is 11.9 Å². The Morgan fingerprint density at radius 2 is 1.61 bits per heavy atom. The van der Waals surface area contributed by atoms with Gasteiger partial charge < -0.3 is 14.5 Å². The summed E-state index contributed by atoms with van der Waals surface area (Å²) in [4.78, 5) is 16.5. The zero-order valence-electron chi connectivity index (χ0n) is 14.4. The van der Waals surface area contributed by atoms with Crippen LogP contribution in [0.15, 0.2) is 48.5 Å². The van der Waals surface area contributed by atoms with E-state index >= 15 is 0 Å². The number of anilines is 1. The molecular weight excluding hydrogens is 288 g/mol. The lowest BCUT2D eigenvalue weighted by molar-refractivity contribution is 0.0741. The SMILES string of the molecule is COc1ccccc1C(C)N(C)C(=O)c1ccc(N(C)C)cc1. The number of hydrogen-bond acceptors (Lipinski definition) is 3. The second kappa shape index (κ2) is 7.18. The van der Waals surface area contributed by atoms with Gasteiger partial charge in [0.1, 0.15) is 5.75 Å². The molecule has 23 heavy (non-hydrogen) atoms. The van der Waals surface area contributed by atoms with Crippen LogP contribution in [0.5, 0.6) is 5.75 Å². The summed E-state index contributed by atoms with van der Waals surface area (Å²) in [5.41, 5.74) is 2.75. The van der Waals surface area contributed by atoms with Crippen molar-refractivity contribution in [2.75, 3.05) is 33.2 Å². The Kier molecular flexibility index (Phi) is 5.27. The van der Waals surface area contributed by atoms with E-state index in [4.69, 9.17) is 4.74 Å². The van der Waals surface area contributed by atoms with Gasteiger partial charge in [0.05, 0.1) is 13.2 Å². The smallest absolute Gasteiger partial charge is 0.254 e. The summed E-state index contributed by atoms with van der Waals surface area (Å²) in [6.45, 7) is 2.00. The molecule has 0 bridgehead atoms. The van der Waals surface area contributed by atoms with Gasteiger partial charge in [0.25, 0.3) is 5.91 Å². The number of rotatable bonds is 5. The molecule has 0 aliphatic rings. The Hall–Kier alpha value is -2.49. The number of ether oxygens (including phenoxy) is 1. The molecule has 2 aromatic carbocycles. The lowest BCUT2D eigenvalue weighted by Crippen LogP contribution is -2.29. The molecule has 0 aliphatic heterocycles. The Balaban J connectivity index is 2.21. The summed E-state index contributed by atoms with van der Waals surface area (Å²) in [6.07, 6.45) is 0. The topological polar surface area (TPSA) is 32.8 Å². The number of para-hydroxylation sites is 1. The lowest BCUT2D eigenvalue weighted by Gasteiger charge is -2.27. The Morgan fingerprint density at radius 3 is 2.17 bits per heavy atom. The van der Waals surface area contributed by atoms with Gasteiger partial charge in [-0.2, -0.15) is 0 Å². The Bertz CT molecular complexity index is 665. The van der Waals surface area contributed by atoms with Gasteiger partial charge >= 0.3 is 0 Å². The summed E-state index contributed by atoms with van der Waals surface area (Å²) >= 11 is 0. The fraction of sp³-hybridized carbons (Fsp3) is 0.316. The van der Waals surface area contributed by atoms with E-state index in [1.54, 1.807) is 12.0 Å². The van der Waals surface area contributed by atoms with Gasteiger partial charge in [0.2, 0.25) is 0 Å². The minimum absolute atomic E-state index is 0.00582. The molecule has 0 N–H and O–H groups in total. The summed E-state index contributed by atoms with van der Waals surface area (Å²) < 4.78 is 5.40. The largest absolute Gasteiger partial charge is 0.496 e. The molecule has 2 rings (SSSR count). The maximum absolute atomic E-state index is 12.7. The van der Waals surface area contributed by atoms with Crippen molar-refractivity contribution < 1.29 is 9.53 Å². The molecule has 0 aliphatic carbocycles. The Labute approximate surface area is 138 Å². The van der Waals surface area contributed by atoms with Gasteiger partial charge in [-0.3, -0.25) is 4.79 Å². The van der Waals surface area contributed by atoms with E-state index in [2.05, 4.69) is 0 Å². The molecular formula is C19H24N2O2. The van der Waals surface area contributed by atoms with E-state index in [1.807, 2.05) is 81.5 Å². The molecule has 2 aromatic rings. The normalized spacial score (nSPS) is 11.7. The van der Waals surface area contributed by atoms with Crippen molar-refractivity contribution in [3.8, 4) is 5.75 Å². The van der Waals surface area contributed by atoms with Crippen LogP contribution in [0, 0.1) is 0 Å². The minimum Gasteiger partial charge on any atom is -0.496 e. The highest BCUT2D eigenvalue weighted by atomic mass is 16.5. The van der Waals surface area contributed by atoms with Gasteiger partial charge in [0.15, 0.2) is 0 Å². The number of benzene rings is 2. The predicted molar refractivity (Wildman–Crippen MR) is 94.3 cm³/mol. The van der Waals surface area contributed by atoms with Crippen LogP contribution in [0.25, 0.3) is 0 Å². The monoisotopic (exact) mass is 312 g/mol. The molecule has 0 fully saturated rings. The summed E-state index contributed by atoms with van der Waals surface area (Å²) in [5.74, 6) is 0.788. The molecule has 4 heteroatoms. The second-order valence-electron chi connectivity index (χ2n) is 5.78. The number of methoxy groups -OCH3 is 1. The quantitative estimate of drug-likeness (QED) is 0.846. The van der Waals surface area contributed by atoms with Crippen molar-refractivity contribution in [3.63, 3.8) is 0 Å². The van der Waals surface area contributed by atoms with Gasteiger partial charge in [0, 0.05) is 38.0 Å². The number of nitrogens with zero attached hydrogens (tertiary/aromatic N) is 2. The van der Waals surface area contributed by atoms with Crippen LogP contribution in [0.3, 0.4) is 0 Å². The zero-order valence-corrected chi connectivity index (χ0v) is 14.4. The third-order valence-corrected chi connectivity index (χ3v) is 4.12. The molecule has 0 aromatic heterocycles. The van der Waals surface area contributed by atoms with Gasteiger partial charge in [-0.25, -0.2) is 0 Å². The third-order valence-electron chi connectivity index (χ3n) is 4.12. The van der Waals surface area contributed by atoms with Crippen molar-refractivity contribution in [2.24, 2.45) is 0 Å². The average Bonchev–Trinajstić information content (AvgIpc) is 2.59. The predicted octanol–water partition coefficient (Wildman–Crippen LogP) is 3.59. The molecule has 0 radical (unpaired) electrons. The van der Waals surface area contributed by atoms with E-state index in [1.165, 1.54) is 0 Å². The average molecular weight is 312 g/mol. The van der Waals surface area contributed by atoms with Crippen molar-refractivity contribution in [1.82, 2.24) is 4.90 Å². The summed E-state index contributed by atoms with van der Waals surface area (Å²) in [7, 11) is 7.42. The van der Waals surface area contributed by atoms with Crippen LogP contribution in [0.1, 0.15) is 28.9 Å². The van der Waals surface area contributed by atoms with Gasteiger partial charge in [-0.15, -0.1) is 0 Å². The number of amides is 1. The molecule has 1 amide bonds. The van der Waals surface area contributed by atoms with Crippen LogP contribution < -0.4 is 9.64 Å². The molecule has 1 atom stereocenters. The van der Waals surface area contributed by atoms with Crippen molar-refractivity contribution in [1.29, 1.82) is 0 Å². The minimum atomic E-state index is -0.0767. The molecule has 1 unspecified atom stereocenters. The molecule has 4 nitrogen and oxygen atoms in total. The first kappa shape index (κ1) is 16.9. The van der Waals surface area contributed by atoms with Gasteiger partial charge in [-0.1, -0.05) is 18.2 Å². The van der Waals surface area contributed by atoms with Crippen molar-refractivity contribution >= 4 is 11.6 Å². The summed E-state index contributed by atoms with van der Waals surface area (Å²) in [5, 5.41) is 0. The van der Waals surface area contributed by atoms with Crippen LogP contribution in [0.4, 0.5) is 5.69 Å². The highest BCUT2D eigenvalue weighted by Gasteiger charge is 2.21. The molecule has 0 saturated heterocycles. The third kappa shape index (κ3) is 3.65. The molecule has 0 spiro atoms. The maximum atomic E-state index is 12.7. The fourth-order valence-corrected chi connectivity index (χ4v) is 2.50. The van der Waals surface area contributed by atoms with Crippen LogP contribution in [-0.2, 0) is 0 Å². The molecule has 122 valence electrons. The fourth-order valence-electron chi connectivity index (χ4n) is 2.50. The lowest BCUT2D eigenvalue weighted by atomic mass is 10.0. The number of carbonyl (C=O) groups excluding carboxylic acids is 1. The zero-order chi connectivity index (χ0) is 17.0. The molecule has 0 saturated carbocycles. The van der Waals surface area contributed by atoms with Gasteiger partial charge in [-0.05, 0) is 37.3 Å². The van der Waals surface area contributed by atoms with E-state index < -0.39 is 0 Å². The van der Waals surface area contributed by atoms with Crippen molar-refractivity contribution in [2.45, 2.75) is 13.0 Å². The van der Waals surface area contributed by atoms with E-state index in [0.717, 1.165) is 17.0 Å². The first-order valence-corrected chi connectivity index (χ1v) is 7.63. The van der Waals surface area contributed by atoms with Crippen LogP contribution in [-0.4, -0.2) is 39.1 Å². The maximum Gasteiger partial charge on any atom is 0.254 e. The van der Waals surface area contributed by atoms with Crippen LogP contribution >= 0.6 is 0 Å². The molecule has 0 heterocycles.